The van der Waals surface area contributed by atoms with Crippen LogP contribution in [0, 0.1) is 0 Å². The number of aromatic nitrogens is 4. The standard InChI is InChI=1S/C28H30N4O12/c1-14(33)31-23(39)12-21(20-10-8-7-9-11-20)32-27(29-30-28(31)32)26(44-19(6)38)25(43-18(5)37)24(42-17(4)36)22(41-16(3)35)13-40-15(2)34/h7-12,22,24-26H,13H2,1-6H3/t22-,24+,25+,26-/m1/s1. The molecule has 2 aromatic heterocycles. The molecule has 2 heterocycles. The van der Waals surface area contributed by atoms with Gasteiger partial charge in [0.1, 0.15) is 6.61 Å². The van der Waals surface area contributed by atoms with Crippen LogP contribution in [0.3, 0.4) is 0 Å². The lowest BCUT2D eigenvalue weighted by atomic mass is 10.0. The highest BCUT2D eigenvalue weighted by Crippen LogP contribution is 2.32. The van der Waals surface area contributed by atoms with Gasteiger partial charge in [-0.05, 0) is 5.56 Å². The topological polar surface area (TPSA) is 201 Å². The van der Waals surface area contributed by atoms with Crippen molar-refractivity contribution in [1.29, 1.82) is 0 Å². The van der Waals surface area contributed by atoms with Crippen molar-refractivity contribution < 1.29 is 52.5 Å². The SMILES string of the molecule is CC(=O)OC[C@@H](OC(C)=O)[C@H](OC(C)=O)[C@H](OC(C)=O)[C@@H](OC(C)=O)c1nnc2n(C(C)=O)c(=O)cc(-c3ccccc3)n12. The molecule has 234 valence electrons. The molecule has 16 nitrogen and oxygen atoms in total. The molecule has 1 aromatic carbocycles. The van der Waals surface area contributed by atoms with E-state index in [1.54, 1.807) is 30.3 Å². The van der Waals surface area contributed by atoms with Gasteiger partial charge in [0.05, 0.1) is 5.69 Å². The van der Waals surface area contributed by atoms with Crippen molar-refractivity contribution in [3.63, 3.8) is 0 Å². The zero-order valence-corrected chi connectivity index (χ0v) is 24.7. The maximum atomic E-state index is 13.0. The summed E-state index contributed by atoms with van der Waals surface area (Å²) < 4.78 is 28.8. The molecule has 0 N–H and O–H groups in total. The molecule has 0 unspecified atom stereocenters. The van der Waals surface area contributed by atoms with Crippen LogP contribution in [0.2, 0.25) is 0 Å². The molecule has 0 aliphatic heterocycles. The van der Waals surface area contributed by atoms with E-state index < -0.39 is 72.3 Å². The van der Waals surface area contributed by atoms with E-state index in [2.05, 4.69) is 10.2 Å². The lowest BCUT2D eigenvalue weighted by molar-refractivity contribution is -0.204. The first kappa shape index (κ1) is 33.1. The molecule has 0 fully saturated rings. The molecule has 0 spiro atoms. The van der Waals surface area contributed by atoms with Gasteiger partial charge < -0.3 is 23.7 Å². The van der Waals surface area contributed by atoms with E-state index in [-0.39, 0.29) is 17.3 Å². The lowest BCUT2D eigenvalue weighted by Gasteiger charge is -2.34. The highest BCUT2D eigenvalue weighted by molar-refractivity contribution is 5.81. The number of ether oxygens (including phenoxy) is 5. The quantitative estimate of drug-likeness (QED) is 0.220. The monoisotopic (exact) mass is 614 g/mol. The summed E-state index contributed by atoms with van der Waals surface area (Å²) in [5.74, 6) is -5.73. The maximum Gasteiger partial charge on any atom is 0.303 e. The minimum absolute atomic E-state index is 0.155. The fourth-order valence-corrected chi connectivity index (χ4v) is 4.40. The van der Waals surface area contributed by atoms with Gasteiger partial charge in [0.15, 0.2) is 24.1 Å². The third-order valence-electron chi connectivity index (χ3n) is 5.89. The van der Waals surface area contributed by atoms with Crippen LogP contribution in [0.4, 0.5) is 0 Å². The molecule has 44 heavy (non-hydrogen) atoms. The van der Waals surface area contributed by atoms with E-state index >= 15 is 0 Å². The van der Waals surface area contributed by atoms with Crippen LogP contribution in [-0.4, -0.2) is 79.8 Å². The van der Waals surface area contributed by atoms with E-state index in [4.69, 9.17) is 23.7 Å². The van der Waals surface area contributed by atoms with Gasteiger partial charge >= 0.3 is 29.8 Å². The van der Waals surface area contributed by atoms with Crippen molar-refractivity contribution in [2.24, 2.45) is 0 Å². The van der Waals surface area contributed by atoms with E-state index in [0.717, 1.165) is 52.2 Å². The zero-order chi connectivity index (χ0) is 32.7. The second-order valence-corrected chi connectivity index (χ2v) is 9.41. The normalized spacial score (nSPS) is 13.6. The highest BCUT2D eigenvalue weighted by Gasteiger charge is 2.46. The Balaban J connectivity index is 2.41. The number of carbonyl (C=O) groups is 6. The Hall–Kier alpha value is -5.41. The van der Waals surface area contributed by atoms with Crippen molar-refractivity contribution in [2.75, 3.05) is 6.61 Å². The number of esters is 5. The fraction of sp³-hybridized carbons (Fsp3) is 0.393. The highest BCUT2D eigenvalue weighted by atomic mass is 16.6. The second-order valence-electron chi connectivity index (χ2n) is 9.41. The summed E-state index contributed by atoms with van der Waals surface area (Å²) >= 11 is 0. The summed E-state index contributed by atoms with van der Waals surface area (Å²) in [6, 6.07) is 9.53. The average Bonchev–Trinajstić information content (AvgIpc) is 3.35. The van der Waals surface area contributed by atoms with Crippen LogP contribution in [0.25, 0.3) is 17.0 Å². The number of nitrogens with zero attached hydrogens (tertiary/aromatic N) is 4. The molecule has 16 heteroatoms. The zero-order valence-electron chi connectivity index (χ0n) is 24.7. The number of hydrogen-bond donors (Lipinski definition) is 0. The van der Waals surface area contributed by atoms with Gasteiger partial charge in [0.25, 0.3) is 5.56 Å². The van der Waals surface area contributed by atoms with Crippen LogP contribution in [0.15, 0.2) is 41.2 Å². The molecule has 4 atom stereocenters. The van der Waals surface area contributed by atoms with Crippen LogP contribution in [0.5, 0.6) is 0 Å². The molecule has 3 aromatic rings. The van der Waals surface area contributed by atoms with Crippen molar-refractivity contribution in [1.82, 2.24) is 19.2 Å². The summed E-state index contributed by atoms with van der Waals surface area (Å²) in [6.07, 6.45) is -6.92. The fourth-order valence-electron chi connectivity index (χ4n) is 4.40. The first-order valence-electron chi connectivity index (χ1n) is 13.1. The van der Waals surface area contributed by atoms with Gasteiger partial charge in [-0.15, -0.1) is 10.2 Å². The smallest absolute Gasteiger partial charge is 0.303 e. The number of carbonyl (C=O) groups excluding carboxylic acids is 6. The average molecular weight is 615 g/mol. The van der Waals surface area contributed by atoms with Gasteiger partial charge in [-0.2, -0.15) is 0 Å². The van der Waals surface area contributed by atoms with E-state index in [0.29, 0.717) is 5.56 Å². The maximum absolute atomic E-state index is 13.0. The van der Waals surface area contributed by atoms with E-state index in [9.17, 15) is 33.6 Å². The summed E-state index contributed by atoms with van der Waals surface area (Å²) in [7, 11) is 0. The molecule has 3 rings (SSSR count). The van der Waals surface area contributed by atoms with Crippen LogP contribution >= 0.6 is 0 Å². The molecule has 0 aliphatic rings. The summed E-state index contributed by atoms with van der Waals surface area (Å²) in [5, 5.41) is 8.11. The van der Waals surface area contributed by atoms with Crippen LogP contribution in [-0.2, 0) is 47.7 Å². The number of rotatable bonds is 11. The van der Waals surface area contributed by atoms with Crippen molar-refractivity contribution in [3.8, 4) is 11.3 Å². The Kier molecular flexibility index (Phi) is 10.7. The minimum Gasteiger partial charge on any atom is -0.462 e. The van der Waals surface area contributed by atoms with Crippen molar-refractivity contribution in [2.45, 2.75) is 66.0 Å². The lowest BCUT2D eigenvalue weighted by Crippen LogP contribution is -2.50. The van der Waals surface area contributed by atoms with Gasteiger partial charge in [-0.1, -0.05) is 30.3 Å². The minimum atomic E-state index is -1.81. The Bertz CT molecular complexity index is 1650. The first-order chi connectivity index (χ1) is 20.7. The first-order valence-corrected chi connectivity index (χ1v) is 13.1. The van der Waals surface area contributed by atoms with Gasteiger partial charge in [-0.25, -0.2) is 4.57 Å². The Morgan fingerprint density at radius 1 is 0.727 bits per heavy atom. The number of fused-ring (bicyclic) bond motifs is 1. The van der Waals surface area contributed by atoms with Crippen LogP contribution < -0.4 is 5.56 Å². The molecular formula is C28H30N4O12. The molecule has 0 radical (unpaired) electrons. The van der Waals surface area contributed by atoms with E-state index in [1.807, 2.05) is 0 Å². The summed E-state index contributed by atoms with van der Waals surface area (Å²) in [6.45, 7) is 5.65. The molecule has 0 aliphatic carbocycles. The molecule has 0 saturated carbocycles. The Morgan fingerprint density at radius 2 is 1.30 bits per heavy atom. The number of benzene rings is 1. The molecule has 0 amide bonds. The third kappa shape index (κ3) is 7.90. The predicted octanol–water partition coefficient (Wildman–Crippen LogP) is 1.18. The van der Waals surface area contributed by atoms with Gasteiger partial charge in [-0.3, -0.25) is 38.0 Å². The Labute approximate surface area is 249 Å². The molecule has 0 bridgehead atoms. The summed E-state index contributed by atoms with van der Waals surface area (Å²) in [5.41, 5.74) is -0.124. The van der Waals surface area contributed by atoms with Crippen molar-refractivity contribution in [3.05, 3.63) is 52.6 Å². The van der Waals surface area contributed by atoms with E-state index in [1.165, 1.54) is 4.40 Å². The predicted molar refractivity (Wildman–Crippen MR) is 147 cm³/mol. The molecular weight excluding hydrogens is 584 g/mol. The van der Waals surface area contributed by atoms with Gasteiger partial charge in [0, 0.05) is 47.6 Å². The number of hydrogen-bond acceptors (Lipinski definition) is 14. The van der Waals surface area contributed by atoms with Crippen LogP contribution in [0.1, 0.15) is 58.3 Å². The molecule has 0 saturated heterocycles. The van der Waals surface area contributed by atoms with Gasteiger partial charge in [0.2, 0.25) is 17.8 Å². The largest absolute Gasteiger partial charge is 0.462 e. The summed E-state index contributed by atoms with van der Waals surface area (Å²) in [4.78, 5) is 86.3. The third-order valence-corrected chi connectivity index (χ3v) is 5.89. The van der Waals surface area contributed by atoms with Crippen molar-refractivity contribution >= 4 is 41.5 Å². The Morgan fingerprint density at radius 3 is 1.82 bits per heavy atom. The second kappa shape index (κ2) is 14.2.